The molecule has 34 heavy (non-hydrogen) atoms. The van der Waals surface area contributed by atoms with Gasteiger partial charge in [-0.25, -0.2) is 0 Å². The molecule has 1 aromatic heterocycles. The van der Waals surface area contributed by atoms with Crippen molar-refractivity contribution in [2.45, 2.75) is 59.9 Å². The SMILES string of the molecule is COc1ccc(-c2cc(C(=O)N3CC4(C)CC3CC(C)(C)C4)c(C)n2-c2ccc(C)cc2)cc1. The topological polar surface area (TPSA) is 34.5 Å². The van der Waals surface area contributed by atoms with E-state index in [1.165, 1.54) is 12.0 Å². The van der Waals surface area contributed by atoms with E-state index in [9.17, 15) is 4.79 Å². The van der Waals surface area contributed by atoms with E-state index < -0.39 is 0 Å². The summed E-state index contributed by atoms with van der Waals surface area (Å²) in [5.41, 5.74) is 6.68. The third-order valence-corrected chi connectivity index (χ3v) is 7.83. The number of aromatic nitrogens is 1. The van der Waals surface area contributed by atoms with Crippen molar-refractivity contribution in [2.24, 2.45) is 10.8 Å². The molecule has 2 aromatic carbocycles. The molecule has 1 saturated carbocycles. The first kappa shape index (κ1) is 22.8. The first-order valence-electron chi connectivity index (χ1n) is 12.3. The lowest BCUT2D eigenvalue weighted by molar-refractivity contribution is 0.0707. The minimum absolute atomic E-state index is 0.171. The van der Waals surface area contributed by atoms with Crippen molar-refractivity contribution in [3.05, 3.63) is 71.4 Å². The highest BCUT2D eigenvalue weighted by Gasteiger charge is 2.51. The fourth-order valence-electron chi connectivity index (χ4n) is 6.68. The Bertz CT molecular complexity index is 1220. The van der Waals surface area contributed by atoms with Crippen molar-refractivity contribution in [1.82, 2.24) is 9.47 Å². The quantitative estimate of drug-likeness (QED) is 0.432. The molecule has 0 N–H and O–H groups in total. The van der Waals surface area contributed by atoms with E-state index in [-0.39, 0.29) is 16.7 Å². The van der Waals surface area contributed by atoms with Crippen LogP contribution in [0, 0.1) is 24.7 Å². The van der Waals surface area contributed by atoms with Gasteiger partial charge in [0.25, 0.3) is 5.91 Å². The lowest BCUT2D eigenvalue weighted by atomic mass is 9.65. The number of methoxy groups -OCH3 is 1. The normalized spacial score (nSPS) is 23.2. The molecule has 1 amide bonds. The van der Waals surface area contributed by atoms with Crippen LogP contribution in [-0.4, -0.2) is 35.1 Å². The molecular weight excluding hydrogens is 420 g/mol. The van der Waals surface area contributed by atoms with Crippen molar-refractivity contribution < 1.29 is 9.53 Å². The number of carbonyl (C=O) groups excluding carboxylic acids is 1. The van der Waals surface area contributed by atoms with Crippen LogP contribution in [0.5, 0.6) is 5.75 Å². The number of likely N-dealkylation sites (tertiary alicyclic amines) is 1. The summed E-state index contributed by atoms with van der Waals surface area (Å²) in [4.78, 5) is 16.2. The molecule has 2 unspecified atom stereocenters. The summed E-state index contributed by atoms with van der Waals surface area (Å²) in [6.45, 7) is 12.1. The molecule has 4 heteroatoms. The molecule has 1 saturated heterocycles. The molecule has 2 atom stereocenters. The molecule has 2 bridgehead atoms. The van der Waals surface area contributed by atoms with Crippen LogP contribution in [0.25, 0.3) is 16.9 Å². The van der Waals surface area contributed by atoms with E-state index in [0.29, 0.717) is 6.04 Å². The maximum Gasteiger partial charge on any atom is 0.255 e. The number of hydrogen-bond donors (Lipinski definition) is 0. The van der Waals surface area contributed by atoms with E-state index in [0.717, 1.165) is 53.3 Å². The molecule has 2 heterocycles. The second-order valence-electron chi connectivity index (χ2n) is 11.6. The summed E-state index contributed by atoms with van der Waals surface area (Å²) >= 11 is 0. The molecule has 2 fully saturated rings. The number of benzene rings is 2. The third kappa shape index (κ3) is 3.93. The van der Waals surface area contributed by atoms with Gasteiger partial charge in [-0.2, -0.15) is 0 Å². The Morgan fingerprint density at radius 2 is 1.65 bits per heavy atom. The highest BCUT2D eigenvalue weighted by Crippen LogP contribution is 2.53. The summed E-state index contributed by atoms with van der Waals surface area (Å²) < 4.78 is 7.59. The molecule has 4 nitrogen and oxygen atoms in total. The Morgan fingerprint density at radius 3 is 2.29 bits per heavy atom. The predicted octanol–water partition coefficient (Wildman–Crippen LogP) is 6.81. The first-order valence-corrected chi connectivity index (χ1v) is 12.3. The second kappa shape index (κ2) is 8.04. The van der Waals surface area contributed by atoms with Crippen LogP contribution in [0.1, 0.15) is 61.6 Å². The van der Waals surface area contributed by atoms with Gasteiger partial charge in [-0.15, -0.1) is 0 Å². The molecule has 1 aliphatic carbocycles. The highest BCUT2D eigenvalue weighted by atomic mass is 16.5. The maximum atomic E-state index is 14.0. The fourth-order valence-corrected chi connectivity index (χ4v) is 6.68. The van der Waals surface area contributed by atoms with E-state index in [2.05, 4.69) is 86.6 Å². The van der Waals surface area contributed by atoms with Crippen LogP contribution in [0.15, 0.2) is 54.6 Å². The van der Waals surface area contributed by atoms with Gasteiger partial charge in [0.15, 0.2) is 0 Å². The van der Waals surface area contributed by atoms with Crippen LogP contribution in [-0.2, 0) is 0 Å². The van der Waals surface area contributed by atoms with Crippen molar-refractivity contribution >= 4 is 5.91 Å². The summed E-state index contributed by atoms with van der Waals surface area (Å²) in [6, 6.07) is 19.0. The average molecular weight is 457 g/mol. The summed E-state index contributed by atoms with van der Waals surface area (Å²) in [7, 11) is 1.68. The maximum absolute atomic E-state index is 14.0. The number of ether oxygens (including phenoxy) is 1. The summed E-state index contributed by atoms with van der Waals surface area (Å²) in [5, 5.41) is 0. The fraction of sp³-hybridized carbons (Fsp3) is 0.433. The van der Waals surface area contributed by atoms with Crippen LogP contribution >= 0.6 is 0 Å². The largest absolute Gasteiger partial charge is 0.497 e. The molecule has 3 aromatic rings. The number of nitrogens with zero attached hydrogens (tertiary/aromatic N) is 2. The lowest BCUT2D eigenvalue weighted by Gasteiger charge is -2.39. The van der Waals surface area contributed by atoms with Gasteiger partial charge in [-0.05, 0) is 92.0 Å². The average Bonchev–Trinajstić information content (AvgIpc) is 3.26. The minimum atomic E-state index is 0.171. The molecular formula is C30H36N2O2. The van der Waals surface area contributed by atoms with Crippen LogP contribution in [0.2, 0.25) is 0 Å². The van der Waals surface area contributed by atoms with Crippen molar-refractivity contribution in [3.63, 3.8) is 0 Å². The van der Waals surface area contributed by atoms with Crippen LogP contribution in [0.3, 0.4) is 0 Å². The lowest BCUT2D eigenvalue weighted by Crippen LogP contribution is -2.37. The van der Waals surface area contributed by atoms with Gasteiger partial charge >= 0.3 is 0 Å². The number of hydrogen-bond acceptors (Lipinski definition) is 2. The Kier molecular flexibility index (Phi) is 5.38. The van der Waals surface area contributed by atoms with Crippen molar-refractivity contribution in [1.29, 1.82) is 0 Å². The zero-order valence-corrected chi connectivity index (χ0v) is 21.3. The van der Waals surface area contributed by atoms with E-state index in [1.807, 2.05) is 12.1 Å². The molecule has 1 aliphatic heterocycles. The summed E-state index contributed by atoms with van der Waals surface area (Å²) in [6.07, 6.45) is 3.38. The molecule has 178 valence electrons. The number of amides is 1. The van der Waals surface area contributed by atoms with Gasteiger partial charge in [0.05, 0.1) is 18.4 Å². The first-order chi connectivity index (χ1) is 16.1. The molecule has 5 rings (SSSR count). The zero-order chi connectivity index (χ0) is 24.3. The van der Waals surface area contributed by atoms with Gasteiger partial charge in [-0.1, -0.05) is 38.5 Å². The number of fused-ring (bicyclic) bond motifs is 2. The minimum Gasteiger partial charge on any atom is -0.497 e. The zero-order valence-electron chi connectivity index (χ0n) is 21.3. The highest BCUT2D eigenvalue weighted by molar-refractivity contribution is 5.98. The molecule has 0 radical (unpaired) electrons. The predicted molar refractivity (Wildman–Crippen MR) is 138 cm³/mol. The summed E-state index contributed by atoms with van der Waals surface area (Å²) in [5.74, 6) is 0.995. The number of carbonyl (C=O) groups is 1. The Morgan fingerprint density at radius 1 is 0.971 bits per heavy atom. The second-order valence-corrected chi connectivity index (χ2v) is 11.6. The number of aryl methyl sites for hydroxylation is 1. The smallest absolute Gasteiger partial charge is 0.255 e. The van der Waals surface area contributed by atoms with Crippen molar-refractivity contribution in [2.75, 3.05) is 13.7 Å². The van der Waals surface area contributed by atoms with Gasteiger partial charge in [0.2, 0.25) is 0 Å². The third-order valence-electron chi connectivity index (χ3n) is 7.83. The monoisotopic (exact) mass is 456 g/mol. The van der Waals surface area contributed by atoms with Crippen LogP contribution in [0.4, 0.5) is 0 Å². The van der Waals surface area contributed by atoms with E-state index in [4.69, 9.17) is 4.74 Å². The van der Waals surface area contributed by atoms with Gasteiger partial charge in [-0.3, -0.25) is 4.79 Å². The van der Waals surface area contributed by atoms with E-state index in [1.54, 1.807) is 7.11 Å². The van der Waals surface area contributed by atoms with E-state index >= 15 is 0 Å². The van der Waals surface area contributed by atoms with Crippen LogP contribution < -0.4 is 4.74 Å². The standard InChI is InChI=1S/C30H36N2O2/c1-20-7-11-23(12-8-20)32-21(2)26(15-27(32)22-9-13-25(34-6)14-10-22)28(33)31-19-30(5)17-24(31)16-29(3,4)18-30/h7-15,24H,16-19H2,1-6H3. The Hall–Kier alpha value is -3.01. The van der Waals surface area contributed by atoms with Crippen molar-refractivity contribution in [3.8, 4) is 22.7 Å². The van der Waals surface area contributed by atoms with Gasteiger partial charge < -0.3 is 14.2 Å². The van der Waals surface area contributed by atoms with Gasteiger partial charge in [0, 0.05) is 24.0 Å². The molecule has 2 aliphatic rings. The number of rotatable bonds is 4. The Labute approximate surface area is 203 Å². The molecule has 0 spiro atoms. The van der Waals surface area contributed by atoms with Gasteiger partial charge in [0.1, 0.15) is 5.75 Å². The Balaban J connectivity index is 1.59.